The van der Waals surface area contributed by atoms with Crippen LogP contribution in [0.4, 0.5) is 5.69 Å². The van der Waals surface area contributed by atoms with E-state index in [1.165, 1.54) is 5.56 Å². The highest BCUT2D eigenvalue weighted by atomic mass is 16.5. The zero-order valence-electron chi connectivity index (χ0n) is 9.90. The number of likely N-dealkylation sites (N-methyl/N-ethyl adjacent to an activating group) is 1. The Hall–Kier alpha value is -1.55. The molecule has 17 heavy (non-hydrogen) atoms. The third-order valence-electron chi connectivity index (χ3n) is 3.90. The molecule has 0 bridgehead atoms. The van der Waals surface area contributed by atoms with Crippen LogP contribution in [0.2, 0.25) is 0 Å². The lowest BCUT2D eigenvalue weighted by Gasteiger charge is -2.27. The van der Waals surface area contributed by atoms with Crippen molar-refractivity contribution in [1.82, 2.24) is 0 Å². The average Bonchev–Trinajstić information content (AvgIpc) is 3.15. The van der Waals surface area contributed by atoms with E-state index < -0.39 is 0 Å². The molecule has 2 aliphatic rings. The van der Waals surface area contributed by atoms with E-state index in [9.17, 15) is 4.79 Å². The molecule has 1 aliphatic carbocycles. The van der Waals surface area contributed by atoms with Crippen molar-refractivity contribution in [2.45, 2.75) is 18.3 Å². The molecule has 0 saturated heterocycles. The van der Waals surface area contributed by atoms with Gasteiger partial charge < -0.3 is 15.4 Å². The number of hydrogen-bond acceptors (Lipinski definition) is 3. The van der Waals surface area contributed by atoms with Gasteiger partial charge in [0.25, 0.3) is 5.91 Å². The lowest BCUT2D eigenvalue weighted by molar-refractivity contribution is -0.120. The van der Waals surface area contributed by atoms with E-state index >= 15 is 0 Å². The summed E-state index contributed by atoms with van der Waals surface area (Å²) >= 11 is 0. The summed E-state index contributed by atoms with van der Waals surface area (Å²) in [5.74, 6) is 0.787. The second-order valence-electron chi connectivity index (χ2n) is 4.91. The largest absolute Gasteiger partial charge is 0.482 e. The molecular formula is C13H16N2O2. The van der Waals surface area contributed by atoms with Gasteiger partial charge in [0.05, 0.1) is 5.69 Å². The van der Waals surface area contributed by atoms with Crippen molar-refractivity contribution in [3.05, 3.63) is 23.8 Å². The van der Waals surface area contributed by atoms with Crippen LogP contribution in [0.5, 0.6) is 5.75 Å². The van der Waals surface area contributed by atoms with E-state index in [2.05, 4.69) is 6.07 Å². The Balaban J connectivity index is 2.00. The topological polar surface area (TPSA) is 55.6 Å². The number of carbonyl (C=O) groups is 1. The highest BCUT2D eigenvalue weighted by Gasteiger charge is 2.43. The second-order valence-corrected chi connectivity index (χ2v) is 4.91. The number of ether oxygens (including phenoxy) is 1. The van der Waals surface area contributed by atoms with Gasteiger partial charge in [-0.3, -0.25) is 4.79 Å². The summed E-state index contributed by atoms with van der Waals surface area (Å²) in [6, 6.07) is 6.06. The maximum absolute atomic E-state index is 11.5. The molecule has 4 nitrogen and oxygen atoms in total. The Labute approximate surface area is 100 Å². The maximum Gasteiger partial charge on any atom is 0.264 e. The number of rotatable bonds is 2. The van der Waals surface area contributed by atoms with Gasteiger partial charge in [-0.25, -0.2) is 0 Å². The first-order valence-corrected chi connectivity index (χ1v) is 5.90. The molecule has 1 aromatic carbocycles. The van der Waals surface area contributed by atoms with Crippen LogP contribution in [0.1, 0.15) is 18.4 Å². The molecule has 1 saturated carbocycles. The van der Waals surface area contributed by atoms with E-state index in [1.807, 2.05) is 12.1 Å². The fourth-order valence-electron chi connectivity index (χ4n) is 2.37. The normalized spacial score (nSPS) is 20.8. The molecule has 1 amide bonds. The van der Waals surface area contributed by atoms with Crippen molar-refractivity contribution < 1.29 is 9.53 Å². The number of carbonyl (C=O) groups excluding carboxylic acids is 1. The van der Waals surface area contributed by atoms with Gasteiger partial charge in [0, 0.05) is 19.0 Å². The average molecular weight is 232 g/mol. The minimum atomic E-state index is -0.00906. The number of hydrogen-bond donors (Lipinski definition) is 1. The molecule has 1 heterocycles. The first kappa shape index (κ1) is 10.6. The Morgan fingerprint density at radius 2 is 2.24 bits per heavy atom. The number of fused-ring (bicyclic) bond motifs is 1. The molecule has 90 valence electrons. The summed E-state index contributed by atoms with van der Waals surface area (Å²) in [5.41, 5.74) is 8.07. The summed E-state index contributed by atoms with van der Waals surface area (Å²) in [5, 5.41) is 0. The predicted molar refractivity (Wildman–Crippen MR) is 65.3 cm³/mol. The maximum atomic E-state index is 11.5. The van der Waals surface area contributed by atoms with Crippen LogP contribution in [0, 0.1) is 0 Å². The summed E-state index contributed by atoms with van der Waals surface area (Å²) in [6.45, 7) is 0.809. The van der Waals surface area contributed by atoms with E-state index in [4.69, 9.17) is 10.5 Å². The van der Waals surface area contributed by atoms with Crippen LogP contribution < -0.4 is 15.4 Å². The standard InChI is InChI=1S/C13H16N2O2/c1-15-10-3-2-9(13(8-14)4-5-13)6-11(10)17-7-12(15)16/h2-3,6H,4-5,7-8,14H2,1H3. The lowest BCUT2D eigenvalue weighted by Crippen LogP contribution is -2.35. The molecule has 4 heteroatoms. The summed E-state index contributed by atoms with van der Waals surface area (Å²) in [7, 11) is 1.78. The van der Waals surface area contributed by atoms with E-state index in [0.717, 1.165) is 24.3 Å². The number of nitrogens with two attached hydrogens (primary N) is 1. The molecule has 0 spiro atoms. The van der Waals surface area contributed by atoms with Crippen LogP contribution >= 0.6 is 0 Å². The zero-order valence-corrected chi connectivity index (χ0v) is 9.90. The number of benzene rings is 1. The number of anilines is 1. The van der Waals surface area contributed by atoms with Crippen molar-refractivity contribution in [1.29, 1.82) is 0 Å². The fourth-order valence-corrected chi connectivity index (χ4v) is 2.37. The van der Waals surface area contributed by atoms with Crippen LogP contribution in [0.25, 0.3) is 0 Å². The third-order valence-corrected chi connectivity index (χ3v) is 3.90. The Kier molecular flexibility index (Phi) is 2.16. The van der Waals surface area contributed by atoms with Crippen LogP contribution in [0.3, 0.4) is 0 Å². The highest BCUT2D eigenvalue weighted by molar-refractivity contribution is 5.97. The minimum absolute atomic E-state index is 0.00906. The van der Waals surface area contributed by atoms with Gasteiger partial charge in [-0.1, -0.05) is 6.07 Å². The smallest absolute Gasteiger partial charge is 0.264 e. The molecule has 2 N–H and O–H groups in total. The molecule has 0 unspecified atom stereocenters. The monoisotopic (exact) mass is 232 g/mol. The minimum Gasteiger partial charge on any atom is -0.482 e. The van der Waals surface area contributed by atoms with Crippen LogP contribution in [-0.4, -0.2) is 26.1 Å². The van der Waals surface area contributed by atoms with Gasteiger partial charge in [-0.05, 0) is 30.5 Å². The summed E-state index contributed by atoms with van der Waals surface area (Å²) in [4.78, 5) is 13.1. The van der Waals surface area contributed by atoms with Crippen molar-refractivity contribution in [2.75, 3.05) is 25.1 Å². The second kappa shape index (κ2) is 3.47. The van der Waals surface area contributed by atoms with Crippen LogP contribution in [0.15, 0.2) is 18.2 Å². The van der Waals surface area contributed by atoms with Crippen molar-refractivity contribution in [3.8, 4) is 5.75 Å². The first-order valence-electron chi connectivity index (χ1n) is 5.90. The molecule has 3 rings (SSSR count). The molecular weight excluding hydrogens is 216 g/mol. The first-order chi connectivity index (χ1) is 8.16. The Morgan fingerprint density at radius 3 is 2.88 bits per heavy atom. The fraction of sp³-hybridized carbons (Fsp3) is 0.462. The number of nitrogens with zero attached hydrogens (tertiary/aromatic N) is 1. The highest BCUT2D eigenvalue weighted by Crippen LogP contribution is 2.49. The van der Waals surface area contributed by atoms with Gasteiger partial charge in [0.2, 0.25) is 0 Å². The molecule has 1 aromatic rings. The number of amides is 1. The summed E-state index contributed by atoms with van der Waals surface area (Å²) in [6.07, 6.45) is 2.30. The van der Waals surface area contributed by atoms with Gasteiger partial charge >= 0.3 is 0 Å². The quantitative estimate of drug-likeness (QED) is 0.828. The molecule has 1 aliphatic heterocycles. The van der Waals surface area contributed by atoms with Gasteiger partial charge in [-0.2, -0.15) is 0 Å². The van der Waals surface area contributed by atoms with Crippen molar-refractivity contribution >= 4 is 11.6 Å². The summed E-state index contributed by atoms with van der Waals surface area (Å²) < 4.78 is 5.48. The van der Waals surface area contributed by atoms with Gasteiger partial charge in [0.15, 0.2) is 6.61 Å². The third kappa shape index (κ3) is 1.52. The van der Waals surface area contributed by atoms with E-state index in [0.29, 0.717) is 6.54 Å². The van der Waals surface area contributed by atoms with Crippen LogP contribution in [-0.2, 0) is 10.2 Å². The Bertz CT molecular complexity index is 480. The molecule has 0 aromatic heterocycles. The molecule has 0 atom stereocenters. The SMILES string of the molecule is CN1C(=O)COc2cc(C3(CN)CC3)ccc21. The van der Waals surface area contributed by atoms with Crippen molar-refractivity contribution in [2.24, 2.45) is 5.73 Å². The van der Waals surface area contributed by atoms with E-state index in [1.54, 1.807) is 11.9 Å². The zero-order chi connectivity index (χ0) is 12.0. The molecule has 0 radical (unpaired) electrons. The Morgan fingerprint density at radius 1 is 1.47 bits per heavy atom. The van der Waals surface area contributed by atoms with Gasteiger partial charge in [0.1, 0.15) is 5.75 Å². The molecule has 1 fully saturated rings. The van der Waals surface area contributed by atoms with Crippen molar-refractivity contribution in [3.63, 3.8) is 0 Å². The van der Waals surface area contributed by atoms with E-state index in [-0.39, 0.29) is 17.9 Å². The predicted octanol–water partition coefficient (Wildman–Crippen LogP) is 1.03. The van der Waals surface area contributed by atoms with Gasteiger partial charge in [-0.15, -0.1) is 0 Å². The lowest BCUT2D eigenvalue weighted by atomic mass is 9.95.